The molecule has 0 radical (unpaired) electrons. The molecule has 0 heterocycles. The Hall–Kier alpha value is -2.75. The van der Waals surface area contributed by atoms with Crippen LogP contribution in [0.2, 0.25) is 0 Å². The number of nitrogens with one attached hydrogen (secondary N) is 1. The summed E-state index contributed by atoms with van der Waals surface area (Å²) in [6, 6.07) is 25.9. The molecule has 5 nitrogen and oxygen atoms in total. The summed E-state index contributed by atoms with van der Waals surface area (Å²) in [5.74, 6) is 0. The van der Waals surface area contributed by atoms with Gasteiger partial charge in [-0.15, -0.1) is 0 Å². The van der Waals surface area contributed by atoms with Crippen molar-refractivity contribution in [1.29, 1.82) is 0 Å². The summed E-state index contributed by atoms with van der Waals surface area (Å²) in [6.07, 6.45) is 0.323. The molecule has 3 aromatic carbocycles. The molecule has 3 aromatic rings. The average molecular weight is 394 g/mol. The number of rotatable bonds is 8. The van der Waals surface area contributed by atoms with Crippen LogP contribution in [0.5, 0.6) is 0 Å². The normalized spacial score (nSPS) is 13.6. The topological polar surface area (TPSA) is 72.2 Å². The van der Waals surface area contributed by atoms with Crippen molar-refractivity contribution in [3.05, 3.63) is 107 Å². The SMILES string of the molecule is CCC(C(NP(=O)(c1ccccc1)c1ccccc1)c1ccccc1)[N+](=O)[O-]. The minimum absolute atomic E-state index is 0.287. The van der Waals surface area contributed by atoms with Crippen LogP contribution in [0.15, 0.2) is 91.0 Å². The lowest BCUT2D eigenvalue weighted by molar-refractivity contribution is -0.527. The van der Waals surface area contributed by atoms with Crippen LogP contribution in [0.3, 0.4) is 0 Å². The molecule has 3 rings (SSSR count). The first-order valence-electron chi connectivity index (χ1n) is 9.23. The Morgan fingerprint density at radius 3 is 1.68 bits per heavy atom. The van der Waals surface area contributed by atoms with Crippen molar-refractivity contribution in [2.75, 3.05) is 0 Å². The third-order valence-electron chi connectivity index (χ3n) is 4.79. The van der Waals surface area contributed by atoms with Gasteiger partial charge in [0.1, 0.15) is 6.04 Å². The summed E-state index contributed by atoms with van der Waals surface area (Å²) < 4.78 is 14.3. The van der Waals surface area contributed by atoms with E-state index in [0.717, 1.165) is 5.56 Å². The van der Waals surface area contributed by atoms with Crippen LogP contribution in [-0.2, 0) is 4.57 Å². The van der Waals surface area contributed by atoms with E-state index in [2.05, 4.69) is 5.09 Å². The second-order valence-electron chi connectivity index (χ2n) is 6.56. The highest BCUT2D eigenvalue weighted by atomic mass is 31.2. The van der Waals surface area contributed by atoms with E-state index in [4.69, 9.17) is 0 Å². The van der Waals surface area contributed by atoms with Crippen molar-refractivity contribution in [2.24, 2.45) is 0 Å². The molecule has 2 atom stereocenters. The molecule has 6 heteroatoms. The Bertz CT molecular complexity index is 906. The molecule has 0 fully saturated rings. The number of nitrogens with zero attached hydrogens (tertiary/aromatic N) is 1. The Morgan fingerprint density at radius 1 is 0.857 bits per heavy atom. The fraction of sp³-hybridized carbons (Fsp3) is 0.182. The van der Waals surface area contributed by atoms with E-state index in [0.29, 0.717) is 17.0 Å². The van der Waals surface area contributed by atoms with Gasteiger partial charge in [0.15, 0.2) is 0 Å². The van der Waals surface area contributed by atoms with Gasteiger partial charge in [-0.1, -0.05) is 73.7 Å². The first-order chi connectivity index (χ1) is 13.6. The summed E-state index contributed by atoms with van der Waals surface area (Å²) >= 11 is 0. The van der Waals surface area contributed by atoms with Crippen molar-refractivity contribution in [3.8, 4) is 0 Å². The summed E-state index contributed by atoms with van der Waals surface area (Å²) in [7, 11) is -3.31. The van der Waals surface area contributed by atoms with Gasteiger partial charge >= 0.3 is 0 Å². The molecule has 0 bridgehead atoms. The number of benzene rings is 3. The van der Waals surface area contributed by atoms with Crippen LogP contribution in [-0.4, -0.2) is 11.0 Å². The quantitative estimate of drug-likeness (QED) is 0.351. The summed E-state index contributed by atoms with van der Waals surface area (Å²) in [6.45, 7) is 1.78. The van der Waals surface area contributed by atoms with Crippen LogP contribution < -0.4 is 15.7 Å². The molecule has 144 valence electrons. The molecule has 0 aliphatic rings. The number of hydrogen-bond donors (Lipinski definition) is 1. The highest BCUT2D eigenvalue weighted by Crippen LogP contribution is 2.43. The van der Waals surface area contributed by atoms with Crippen molar-refractivity contribution in [1.82, 2.24) is 5.09 Å². The van der Waals surface area contributed by atoms with Gasteiger partial charge in [0, 0.05) is 22.0 Å². The van der Waals surface area contributed by atoms with E-state index in [1.165, 1.54) is 0 Å². The van der Waals surface area contributed by atoms with Crippen LogP contribution in [0.25, 0.3) is 0 Å². The highest BCUT2D eigenvalue weighted by Gasteiger charge is 2.38. The van der Waals surface area contributed by atoms with E-state index < -0.39 is 19.4 Å². The van der Waals surface area contributed by atoms with Crippen molar-refractivity contribution < 1.29 is 9.49 Å². The van der Waals surface area contributed by atoms with E-state index in [-0.39, 0.29) is 4.92 Å². The maximum Gasteiger partial charge on any atom is 0.232 e. The Balaban J connectivity index is 2.13. The zero-order valence-electron chi connectivity index (χ0n) is 15.6. The molecule has 0 aliphatic carbocycles. The average Bonchev–Trinajstić information content (AvgIpc) is 2.75. The lowest BCUT2D eigenvalue weighted by atomic mass is 9.99. The van der Waals surface area contributed by atoms with Crippen LogP contribution in [0.1, 0.15) is 24.9 Å². The summed E-state index contributed by atoms with van der Waals surface area (Å²) in [5.41, 5.74) is 0.748. The fourth-order valence-corrected chi connectivity index (χ4v) is 5.81. The van der Waals surface area contributed by atoms with E-state index in [9.17, 15) is 14.7 Å². The zero-order valence-corrected chi connectivity index (χ0v) is 16.5. The van der Waals surface area contributed by atoms with Crippen LogP contribution >= 0.6 is 7.29 Å². The Kier molecular flexibility index (Phi) is 6.40. The standard InChI is InChI=1S/C22H23N2O3P/c1-2-21(24(25)26)22(18-12-6-3-7-13-18)23-28(27,19-14-8-4-9-15-19)20-16-10-5-11-17-20/h3-17,21-22H,2H2,1H3,(H,23,27). The van der Waals surface area contributed by atoms with Crippen LogP contribution in [0, 0.1) is 10.1 Å². The summed E-state index contributed by atoms with van der Waals surface area (Å²) in [4.78, 5) is 11.5. The second kappa shape index (κ2) is 8.96. The molecule has 28 heavy (non-hydrogen) atoms. The van der Waals surface area contributed by atoms with E-state index >= 15 is 0 Å². The predicted molar refractivity (Wildman–Crippen MR) is 113 cm³/mol. The van der Waals surface area contributed by atoms with Crippen molar-refractivity contribution in [3.63, 3.8) is 0 Å². The Labute approximate surface area is 165 Å². The second-order valence-corrected chi connectivity index (χ2v) is 9.07. The smallest absolute Gasteiger partial charge is 0.232 e. The van der Waals surface area contributed by atoms with Gasteiger partial charge in [-0.05, 0) is 29.8 Å². The third kappa shape index (κ3) is 4.22. The molecule has 0 saturated carbocycles. The molecule has 0 spiro atoms. The van der Waals surface area contributed by atoms with Crippen molar-refractivity contribution in [2.45, 2.75) is 25.4 Å². The van der Waals surface area contributed by atoms with E-state index in [1.54, 1.807) is 31.2 Å². The monoisotopic (exact) mass is 394 g/mol. The lowest BCUT2D eigenvalue weighted by Gasteiger charge is -2.28. The lowest BCUT2D eigenvalue weighted by Crippen LogP contribution is -2.39. The van der Waals surface area contributed by atoms with Gasteiger partial charge in [0.05, 0.1) is 0 Å². The van der Waals surface area contributed by atoms with E-state index in [1.807, 2.05) is 66.7 Å². The Morgan fingerprint density at radius 2 is 1.29 bits per heavy atom. The molecule has 0 amide bonds. The molecule has 0 aliphatic heterocycles. The predicted octanol–water partition coefficient (Wildman–Crippen LogP) is 4.30. The third-order valence-corrected chi connectivity index (χ3v) is 7.49. The molecular weight excluding hydrogens is 371 g/mol. The van der Waals surface area contributed by atoms with Gasteiger partial charge in [-0.2, -0.15) is 0 Å². The maximum absolute atomic E-state index is 14.3. The van der Waals surface area contributed by atoms with Gasteiger partial charge in [-0.25, -0.2) is 5.09 Å². The van der Waals surface area contributed by atoms with Gasteiger partial charge in [-0.3, -0.25) is 14.7 Å². The van der Waals surface area contributed by atoms with Crippen LogP contribution in [0.4, 0.5) is 0 Å². The van der Waals surface area contributed by atoms with Crippen molar-refractivity contribution >= 4 is 17.9 Å². The largest absolute Gasteiger partial charge is 0.296 e. The van der Waals surface area contributed by atoms with Gasteiger partial charge < -0.3 is 0 Å². The molecule has 1 N–H and O–H groups in total. The first-order valence-corrected chi connectivity index (χ1v) is 10.9. The number of hydrogen-bond acceptors (Lipinski definition) is 3. The van der Waals surface area contributed by atoms with Gasteiger partial charge in [0.25, 0.3) is 0 Å². The minimum Gasteiger partial charge on any atom is -0.296 e. The molecule has 0 saturated heterocycles. The number of nitro groups is 1. The maximum atomic E-state index is 14.3. The summed E-state index contributed by atoms with van der Waals surface area (Å²) in [5, 5.41) is 16.3. The molecule has 2 unspecified atom stereocenters. The zero-order chi connectivity index (χ0) is 20.0. The minimum atomic E-state index is -3.31. The highest BCUT2D eigenvalue weighted by molar-refractivity contribution is 7.76. The molecule has 0 aromatic heterocycles. The fourth-order valence-electron chi connectivity index (χ4n) is 3.32. The molecular formula is C22H23N2O3P. The van der Waals surface area contributed by atoms with Gasteiger partial charge in [0.2, 0.25) is 13.3 Å². The first kappa shape index (κ1) is 20.0.